The Morgan fingerprint density at radius 1 is 1.41 bits per heavy atom. The van der Waals surface area contributed by atoms with Gasteiger partial charge in [0.1, 0.15) is 0 Å². The first-order chi connectivity index (χ1) is 8.13. The van der Waals surface area contributed by atoms with E-state index in [9.17, 15) is 4.79 Å². The summed E-state index contributed by atoms with van der Waals surface area (Å²) in [4.78, 5) is 12.9. The average Bonchev–Trinajstić information content (AvgIpc) is 2.32. The highest BCUT2D eigenvalue weighted by molar-refractivity contribution is 9.10. The third-order valence-corrected chi connectivity index (χ3v) is 3.97. The maximum absolute atomic E-state index is 11.7. The van der Waals surface area contributed by atoms with Crippen LogP contribution in [0.3, 0.4) is 0 Å². The Morgan fingerprint density at radius 2 is 2.06 bits per heavy atom. The van der Waals surface area contributed by atoms with Crippen molar-refractivity contribution >= 4 is 33.6 Å². The van der Waals surface area contributed by atoms with Crippen molar-refractivity contribution in [3.05, 3.63) is 28.7 Å². The third-order valence-electron chi connectivity index (χ3n) is 2.33. The van der Waals surface area contributed by atoms with Crippen LogP contribution in [0.2, 0.25) is 0 Å². The second-order valence-electron chi connectivity index (χ2n) is 3.86. The Labute approximate surface area is 116 Å². The fourth-order valence-electron chi connectivity index (χ4n) is 1.30. The predicted octanol–water partition coefficient (Wildman–Crippen LogP) is 3.85. The molecular formula is C13H18BrNOS. The molecular weight excluding hydrogens is 298 g/mol. The second-order valence-corrected chi connectivity index (χ2v) is 6.19. The highest BCUT2D eigenvalue weighted by Gasteiger charge is 2.13. The molecule has 0 fully saturated rings. The summed E-state index contributed by atoms with van der Waals surface area (Å²) >= 11 is 4.98. The van der Waals surface area contributed by atoms with Crippen molar-refractivity contribution in [2.75, 3.05) is 6.54 Å². The number of halogens is 1. The highest BCUT2D eigenvalue weighted by atomic mass is 79.9. The Kier molecular flexibility index (Phi) is 6.66. The molecule has 4 heteroatoms. The van der Waals surface area contributed by atoms with Crippen LogP contribution >= 0.6 is 27.7 Å². The monoisotopic (exact) mass is 315 g/mol. The second kappa shape index (κ2) is 7.77. The van der Waals surface area contributed by atoms with Crippen molar-refractivity contribution in [1.82, 2.24) is 5.32 Å². The zero-order valence-electron chi connectivity index (χ0n) is 10.2. The SMILES string of the molecule is CCCCNC(=O)C(C)Sc1ccc(Br)cc1. The van der Waals surface area contributed by atoms with Crippen molar-refractivity contribution in [3.63, 3.8) is 0 Å². The number of carbonyl (C=O) groups is 1. The molecule has 1 unspecified atom stereocenters. The van der Waals surface area contributed by atoms with Gasteiger partial charge in [-0.05, 0) is 37.6 Å². The number of benzene rings is 1. The van der Waals surface area contributed by atoms with E-state index in [0.29, 0.717) is 0 Å². The number of unbranched alkanes of at least 4 members (excludes halogenated alkanes) is 1. The summed E-state index contributed by atoms with van der Waals surface area (Å²) in [6.45, 7) is 4.83. The number of amides is 1. The molecule has 0 aliphatic rings. The molecule has 1 aromatic rings. The molecule has 1 rings (SSSR count). The minimum atomic E-state index is -0.0481. The summed E-state index contributed by atoms with van der Waals surface area (Å²) < 4.78 is 1.06. The van der Waals surface area contributed by atoms with Gasteiger partial charge in [-0.2, -0.15) is 0 Å². The van der Waals surface area contributed by atoms with Gasteiger partial charge in [-0.25, -0.2) is 0 Å². The van der Waals surface area contributed by atoms with Gasteiger partial charge in [-0.15, -0.1) is 11.8 Å². The number of carbonyl (C=O) groups excluding carboxylic acids is 1. The van der Waals surface area contributed by atoms with Crippen LogP contribution < -0.4 is 5.32 Å². The van der Waals surface area contributed by atoms with Crippen molar-refractivity contribution in [2.45, 2.75) is 36.8 Å². The van der Waals surface area contributed by atoms with Gasteiger partial charge in [-0.1, -0.05) is 29.3 Å². The van der Waals surface area contributed by atoms with Gasteiger partial charge in [-0.3, -0.25) is 4.79 Å². The normalized spacial score (nSPS) is 12.2. The number of thioether (sulfide) groups is 1. The molecule has 1 N–H and O–H groups in total. The van der Waals surface area contributed by atoms with Crippen molar-refractivity contribution in [2.24, 2.45) is 0 Å². The minimum absolute atomic E-state index is 0.0481. The molecule has 2 nitrogen and oxygen atoms in total. The number of nitrogens with one attached hydrogen (secondary N) is 1. The lowest BCUT2D eigenvalue weighted by molar-refractivity contribution is -0.120. The summed E-state index contributed by atoms with van der Waals surface area (Å²) in [6, 6.07) is 8.02. The smallest absolute Gasteiger partial charge is 0.233 e. The molecule has 0 spiro atoms. The number of hydrogen-bond acceptors (Lipinski definition) is 2. The predicted molar refractivity (Wildman–Crippen MR) is 77.4 cm³/mol. The summed E-state index contributed by atoms with van der Waals surface area (Å²) in [5.41, 5.74) is 0. The van der Waals surface area contributed by atoms with Gasteiger partial charge in [0, 0.05) is 15.9 Å². The largest absolute Gasteiger partial charge is 0.355 e. The molecule has 0 radical (unpaired) electrons. The van der Waals surface area contributed by atoms with Gasteiger partial charge in [0.15, 0.2) is 0 Å². The van der Waals surface area contributed by atoms with E-state index in [0.717, 1.165) is 28.8 Å². The molecule has 0 saturated carbocycles. The van der Waals surface area contributed by atoms with Crippen LogP contribution in [0.15, 0.2) is 33.6 Å². The molecule has 17 heavy (non-hydrogen) atoms. The van der Waals surface area contributed by atoms with Crippen LogP contribution in [0.1, 0.15) is 26.7 Å². The van der Waals surface area contributed by atoms with Gasteiger partial charge < -0.3 is 5.32 Å². The summed E-state index contributed by atoms with van der Waals surface area (Å²) in [6.07, 6.45) is 2.15. The quantitative estimate of drug-likeness (QED) is 0.638. The Bertz CT molecular complexity index is 353. The van der Waals surface area contributed by atoms with Crippen LogP contribution in [-0.2, 0) is 4.79 Å². The zero-order valence-corrected chi connectivity index (χ0v) is 12.6. The Hall–Kier alpha value is -0.480. The molecule has 0 bridgehead atoms. The van der Waals surface area contributed by atoms with Crippen LogP contribution in [0.4, 0.5) is 0 Å². The van der Waals surface area contributed by atoms with Crippen molar-refractivity contribution in [1.29, 1.82) is 0 Å². The average molecular weight is 316 g/mol. The van der Waals surface area contributed by atoms with Gasteiger partial charge >= 0.3 is 0 Å². The fraction of sp³-hybridized carbons (Fsp3) is 0.462. The lowest BCUT2D eigenvalue weighted by Gasteiger charge is -2.11. The number of hydrogen-bond donors (Lipinski definition) is 1. The topological polar surface area (TPSA) is 29.1 Å². The maximum Gasteiger partial charge on any atom is 0.233 e. The van der Waals surface area contributed by atoms with E-state index in [1.54, 1.807) is 11.8 Å². The standard InChI is InChI=1S/C13H18BrNOS/c1-3-4-9-15-13(16)10(2)17-12-7-5-11(14)6-8-12/h5-8,10H,3-4,9H2,1-2H3,(H,15,16). The first kappa shape index (κ1) is 14.6. The Balaban J connectivity index is 2.40. The van der Waals surface area contributed by atoms with Crippen molar-refractivity contribution < 1.29 is 4.79 Å². The lowest BCUT2D eigenvalue weighted by Crippen LogP contribution is -2.31. The summed E-state index contributed by atoms with van der Waals surface area (Å²) in [7, 11) is 0. The maximum atomic E-state index is 11.7. The Morgan fingerprint density at radius 3 is 2.65 bits per heavy atom. The lowest BCUT2D eigenvalue weighted by atomic mass is 10.3. The molecule has 0 heterocycles. The van der Waals surface area contributed by atoms with Crippen molar-refractivity contribution in [3.8, 4) is 0 Å². The zero-order chi connectivity index (χ0) is 12.7. The van der Waals surface area contributed by atoms with Crippen LogP contribution in [-0.4, -0.2) is 17.7 Å². The summed E-state index contributed by atoms with van der Waals surface area (Å²) in [5.74, 6) is 0.117. The van der Waals surface area contributed by atoms with Gasteiger partial charge in [0.05, 0.1) is 5.25 Å². The van der Waals surface area contributed by atoms with Crippen LogP contribution in [0.5, 0.6) is 0 Å². The van der Waals surface area contributed by atoms with Crippen LogP contribution in [0, 0.1) is 0 Å². The molecule has 1 atom stereocenters. The molecule has 0 aromatic heterocycles. The number of rotatable bonds is 6. The van der Waals surface area contributed by atoms with E-state index in [4.69, 9.17) is 0 Å². The minimum Gasteiger partial charge on any atom is -0.355 e. The molecule has 0 aliphatic heterocycles. The fourth-order valence-corrected chi connectivity index (χ4v) is 2.46. The van der Waals surface area contributed by atoms with E-state index in [1.807, 2.05) is 31.2 Å². The van der Waals surface area contributed by atoms with E-state index in [1.165, 1.54) is 0 Å². The first-order valence-corrected chi connectivity index (χ1v) is 7.50. The first-order valence-electron chi connectivity index (χ1n) is 5.83. The van der Waals surface area contributed by atoms with E-state index in [-0.39, 0.29) is 11.2 Å². The van der Waals surface area contributed by atoms with Gasteiger partial charge in [0.2, 0.25) is 5.91 Å². The third kappa shape index (κ3) is 5.59. The van der Waals surface area contributed by atoms with E-state index >= 15 is 0 Å². The molecule has 94 valence electrons. The molecule has 0 aliphatic carbocycles. The molecule has 1 aromatic carbocycles. The van der Waals surface area contributed by atoms with Crippen LogP contribution in [0.25, 0.3) is 0 Å². The molecule has 0 saturated heterocycles. The van der Waals surface area contributed by atoms with Gasteiger partial charge in [0.25, 0.3) is 0 Å². The van der Waals surface area contributed by atoms with E-state index in [2.05, 4.69) is 28.2 Å². The highest BCUT2D eigenvalue weighted by Crippen LogP contribution is 2.24. The molecule has 1 amide bonds. The van der Waals surface area contributed by atoms with E-state index < -0.39 is 0 Å². The summed E-state index contributed by atoms with van der Waals surface area (Å²) in [5, 5.41) is 2.90.